The van der Waals surface area contributed by atoms with Crippen LogP contribution >= 0.6 is 28.1 Å². The van der Waals surface area contributed by atoms with Crippen molar-refractivity contribution in [2.45, 2.75) is 32.4 Å². The molecule has 0 amide bonds. The highest BCUT2D eigenvalue weighted by Crippen LogP contribution is 2.23. The highest BCUT2D eigenvalue weighted by atomic mass is 79.9. The minimum Gasteiger partial charge on any atom is -0.484 e. The third-order valence-corrected chi connectivity index (χ3v) is 3.99. The fourth-order valence-electron chi connectivity index (χ4n) is 2.01. The Bertz CT molecular complexity index is 749. The number of oxime groups is 1. The van der Waals surface area contributed by atoms with Gasteiger partial charge in [-0.3, -0.25) is 4.98 Å². The minimum absolute atomic E-state index is 0.325. The van der Waals surface area contributed by atoms with Gasteiger partial charge >= 0.3 is 0 Å². The van der Waals surface area contributed by atoms with E-state index in [1.807, 2.05) is 45.0 Å². The standard InChI is InChI=1S/C16H18BrN3O2S/c1-10(15(23)20-16(2,3)9-19-21)22-13-4-5-14-11(7-13)6-12(17)8-18-14/h4-10,21H,1-3H3,(H,20,23). The number of thiocarbonyl (C=S) groups is 1. The van der Waals surface area contributed by atoms with E-state index < -0.39 is 5.54 Å². The fourth-order valence-corrected chi connectivity index (χ4v) is 2.67. The van der Waals surface area contributed by atoms with E-state index in [0.717, 1.165) is 15.4 Å². The molecule has 1 unspecified atom stereocenters. The van der Waals surface area contributed by atoms with Crippen molar-refractivity contribution in [2.75, 3.05) is 0 Å². The number of pyridine rings is 1. The van der Waals surface area contributed by atoms with Crippen LogP contribution in [-0.4, -0.2) is 33.0 Å². The molecule has 1 aromatic carbocycles. The lowest BCUT2D eigenvalue weighted by molar-refractivity contribution is 0.283. The third kappa shape index (κ3) is 4.87. The zero-order valence-corrected chi connectivity index (χ0v) is 15.5. The molecule has 1 heterocycles. The highest BCUT2D eigenvalue weighted by Gasteiger charge is 2.20. The molecule has 2 rings (SSSR count). The van der Waals surface area contributed by atoms with Crippen molar-refractivity contribution in [2.24, 2.45) is 5.16 Å². The SMILES string of the molecule is CC(Oc1ccc2ncc(Br)cc2c1)C(=S)NC(C)(C)C=NO. The second kappa shape index (κ2) is 7.23. The highest BCUT2D eigenvalue weighted by molar-refractivity contribution is 9.10. The molecular weight excluding hydrogens is 378 g/mol. The van der Waals surface area contributed by atoms with E-state index in [4.69, 9.17) is 22.2 Å². The van der Waals surface area contributed by atoms with Gasteiger partial charge in [0.2, 0.25) is 0 Å². The van der Waals surface area contributed by atoms with Crippen molar-refractivity contribution >= 4 is 50.3 Å². The van der Waals surface area contributed by atoms with Gasteiger partial charge in [-0.05, 0) is 61.0 Å². The third-order valence-electron chi connectivity index (χ3n) is 3.13. The number of nitrogens with zero attached hydrogens (tertiary/aromatic N) is 2. The number of benzene rings is 1. The summed E-state index contributed by atoms with van der Waals surface area (Å²) >= 11 is 8.77. The maximum absolute atomic E-state index is 8.66. The van der Waals surface area contributed by atoms with Crippen LogP contribution in [0, 0.1) is 0 Å². The number of aromatic nitrogens is 1. The molecule has 0 radical (unpaired) electrons. The molecule has 1 atom stereocenters. The van der Waals surface area contributed by atoms with Gasteiger partial charge in [0.1, 0.15) is 16.8 Å². The summed E-state index contributed by atoms with van der Waals surface area (Å²) in [5, 5.41) is 15.8. The summed E-state index contributed by atoms with van der Waals surface area (Å²) in [5.41, 5.74) is 0.343. The van der Waals surface area contributed by atoms with Crippen LogP contribution in [0.3, 0.4) is 0 Å². The van der Waals surface area contributed by atoms with Gasteiger partial charge in [0.05, 0.1) is 17.3 Å². The molecule has 0 aliphatic rings. The monoisotopic (exact) mass is 395 g/mol. The summed E-state index contributed by atoms with van der Waals surface area (Å²) in [5.74, 6) is 0.711. The first-order valence-electron chi connectivity index (χ1n) is 7.03. The first kappa shape index (κ1) is 17.6. The molecule has 0 saturated carbocycles. The predicted octanol–water partition coefficient (Wildman–Crippen LogP) is 3.92. The molecule has 122 valence electrons. The summed E-state index contributed by atoms with van der Waals surface area (Å²) in [6.07, 6.45) is 2.81. The first-order chi connectivity index (χ1) is 10.8. The Hall–Kier alpha value is -1.73. The molecule has 0 saturated heterocycles. The number of hydrogen-bond donors (Lipinski definition) is 2. The Morgan fingerprint density at radius 1 is 1.48 bits per heavy atom. The lowest BCUT2D eigenvalue weighted by atomic mass is 10.1. The molecule has 5 nitrogen and oxygen atoms in total. The summed E-state index contributed by atoms with van der Waals surface area (Å²) in [7, 11) is 0. The number of rotatable bonds is 5. The number of nitrogens with one attached hydrogen (secondary N) is 1. The Morgan fingerprint density at radius 3 is 2.91 bits per heavy atom. The van der Waals surface area contributed by atoms with Gasteiger partial charge in [0.25, 0.3) is 0 Å². The first-order valence-corrected chi connectivity index (χ1v) is 8.23. The molecule has 0 fully saturated rings. The van der Waals surface area contributed by atoms with E-state index in [1.54, 1.807) is 6.20 Å². The van der Waals surface area contributed by atoms with Gasteiger partial charge in [-0.25, -0.2) is 0 Å². The van der Waals surface area contributed by atoms with Crippen molar-refractivity contribution in [3.8, 4) is 5.75 Å². The average molecular weight is 396 g/mol. The summed E-state index contributed by atoms with van der Waals surface area (Å²) in [4.78, 5) is 4.86. The van der Waals surface area contributed by atoms with Crippen molar-refractivity contribution < 1.29 is 9.94 Å². The topological polar surface area (TPSA) is 66.7 Å². The molecule has 0 aliphatic heterocycles. The minimum atomic E-state index is -0.554. The van der Waals surface area contributed by atoms with Crippen LogP contribution in [0.5, 0.6) is 5.75 Å². The van der Waals surface area contributed by atoms with Gasteiger partial charge in [-0.15, -0.1) is 0 Å². The van der Waals surface area contributed by atoms with E-state index in [1.165, 1.54) is 6.21 Å². The molecule has 0 aliphatic carbocycles. The lowest BCUT2D eigenvalue weighted by Gasteiger charge is -2.26. The van der Waals surface area contributed by atoms with Crippen LogP contribution in [0.25, 0.3) is 10.9 Å². The zero-order chi connectivity index (χ0) is 17.0. The van der Waals surface area contributed by atoms with Crippen LogP contribution in [-0.2, 0) is 0 Å². The second-order valence-electron chi connectivity index (χ2n) is 5.72. The van der Waals surface area contributed by atoms with Crippen LogP contribution in [0.4, 0.5) is 0 Å². The Kier molecular flexibility index (Phi) is 5.54. The predicted molar refractivity (Wildman–Crippen MR) is 99.6 cm³/mol. The molecular formula is C16H18BrN3O2S. The molecule has 0 spiro atoms. The van der Waals surface area contributed by atoms with Gasteiger partial charge in [0.15, 0.2) is 0 Å². The Balaban J connectivity index is 2.10. The molecule has 1 aromatic heterocycles. The number of halogens is 1. The van der Waals surface area contributed by atoms with E-state index >= 15 is 0 Å². The maximum atomic E-state index is 8.66. The molecule has 0 bridgehead atoms. The van der Waals surface area contributed by atoms with Crippen molar-refractivity contribution in [3.63, 3.8) is 0 Å². The van der Waals surface area contributed by atoms with Gasteiger partial charge in [0, 0.05) is 16.1 Å². The number of ether oxygens (including phenoxy) is 1. The van der Waals surface area contributed by atoms with Crippen molar-refractivity contribution in [1.29, 1.82) is 0 Å². The van der Waals surface area contributed by atoms with Gasteiger partial charge in [-0.1, -0.05) is 17.4 Å². The second-order valence-corrected chi connectivity index (χ2v) is 7.08. The van der Waals surface area contributed by atoms with Crippen LogP contribution in [0.2, 0.25) is 0 Å². The maximum Gasteiger partial charge on any atom is 0.146 e. The Labute approximate surface area is 148 Å². The molecule has 23 heavy (non-hydrogen) atoms. The zero-order valence-electron chi connectivity index (χ0n) is 13.1. The quantitative estimate of drug-likeness (QED) is 0.347. The summed E-state index contributed by atoms with van der Waals surface area (Å²) in [6, 6.07) is 7.68. The fraction of sp³-hybridized carbons (Fsp3) is 0.312. The lowest BCUT2D eigenvalue weighted by Crippen LogP contribution is -2.48. The van der Waals surface area contributed by atoms with E-state index in [0.29, 0.717) is 10.7 Å². The van der Waals surface area contributed by atoms with E-state index in [9.17, 15) is 0 Å². The van der Waals surface area contributed by atoms with Crippen LogP contribution < -0.4 is 10.1 Å². The average Bonchev–Trinajstić information content (AvgIpc) is 2.46. The smallest absolute Gasteiger partial charge is 0.146 e. The normalized spacial score (nSPS) is 13.2. The summed E-state index contributed by atoms with van der Waals surface area (Å²) < 4.78 is 6.81. The van der Waals surface area contributed by atoms with E-state index in [-0.39, 0.29) is 6.10 Å². The van der Waals surface area contributed by atoms with Crippen LogP contribution in [0.1, 0.15) is 20.8 Å². The van der Waals surface area contributed by atoms with Crippen molar-refractivity contribution in [1.82, 2.24) is 10.3 Å². The van der Waals surface area contributed by atoms with Gasteiger partial charge < -0.3 is 15.3 Å². The molecule has 2 N–H and O–H groups in total. The summed E-state index contributed by atoms with van der Waals surface area (Å²) in [6.45, 7) is 5.57. The number of fused-ring (bicyclic) bond motifs is 1. The molecule has 2 aromatic rings. The number of hydrogen-bond acceptors (Lipinski definition) is 5. The Morgan fingerprint density at radius 2 is 2.22 bits per heavy atom. The van der Waals surface area contributed by atoms with Crippen molar-refractivity contribution in [3.05, 3.63) is 34.9 Å². The largest absolute Gasteiger partial charge is 0.484 e. The van der Waals surface area contributed by atoms with Gasteiger partial charge in [-0.2, -0.15) is 0 Å². The van der Waals surface area contributed by atoms with Crippen LogP contribution in [0.15, 0.2) is 40.1 Å². The molecule has 7 heteroatoms. The van der Waals surface area contributed by atoms with E-state index in [2.05, 4.69) is 31.4 Å².